The minimum absolute atomic E-state index is 0.0603. The van der Waals surface area contributed by atoms with Gasteiger partial charge in [-0.1, -0.05) is 25.1 Å². The van der Waals surface area contributed by atoms with Crippen molar-refractivity contribution in [2.45, 2.75) is 25.7 Å². The van der Waals surface area contributed by atoms with E-state index in [2.05, 4.69) is 52.3 Å². The molecule has 2 aromatic heterocycles. The Hall–Kier alpha value is -3.16. The molecular weight excluding hydrogens is 443 g/mol. The van der Waals surface area contributed by atoms with E-state index in [-0.39, 0.29) is 11.7 Å². The highest BCUT2D eigenvalue weighted by molar-refractivity contribution is 5.98. The van der Waals surface area contributed by atoms with E-state index in [4.69, 9.17) is 4.74 Å². The summed E-state index contributed by atoms with van der Waals surface area (Å²) in [6, 6.07) is 14.8. The number of nitrogens with zero attached hydrogens (tertiary/aromatic N) is 2. The molecule has 6 nitrogen and oxygen atoms in total. The van der Waals surface area contributed by atoms with Gasteiger partial charge in [0.15, 0.2) is 0 Å². The highest BCUT2D eigenvalue weighted by Crippen LogP contribution is 2.32. The van der Waals surface area contributed by atoms with Crippen molar-refractivity contribution >= 4 is 27.7 Å². The van der Waals surface area contributed by atoms with Crippen LogP contribution in [0, 0.1) is 5.82 Å². The van der Waals surface area contributed by atoms with Crippen molar-refractivity contribution in [2.75, 3.05) is 45.9 Å². The summed E-state index contributed by atoms with van der Waals surface area (Å²) >= 11 is 0. The fourth-order valence-corrected chi connectivity index (χ4v) is 5.15. The summed E-state index contributed by atoms with van der Waals surface area (Å²) in [5.41, 5.74) is 4.07. The largest absolute Gasteiger partial charge is 0.378 e. The maximum Gasteiger partial charge on any atom is 0.270 e. The maximum absolute atomic E-state index is 13.1. The minimum atomic E-state index is -0.299. The molecule has 4 aromatic rings. The zero-order chi connectivity index (χ0) is 24.2. The van der Waals surface area contributed by atoms with Crippen molar-refractivity contribution in [3.63, 3.8) is 0 Å². The van der Waals surface area contributed by atoms with Crippen LogP contribution in [0.1, 0.15) is 41.7 Å². The van der Waals surface area contributed by atoms with E-state index in [1.807, 2.05) is 0 Å². The number of piperidine rings is 1. The number of rotatable bonds is 3. The third-order valence-corrected chi connectivity index (χ3v) is 7.21. The van der Waals surface area contributed by atoms with Crippen LogP contribution < -0.4 is 0 Å². The molecule has 7 heteroatoms. The number of aromatic nitrogens is 2. The van der Waals surface area contributed by atoms with Crippen LogP contribution in [0.25, 0.3) is 21.8 Å². The third-order valence-electron chi connectivity index (χ3n) is 7.21. The van der Waals surface area contributed by atoms with Crippen molar-refractivity contribution in [3.05, 3.63) is 71.8 Å². The zero-order valence-electron chi connectivity index (χ0n) is 20.2. The van der Waals surface area contributed by atoms with Crippen molar-refractivity contribution in [2.24, 2.45) is 0 Å². The van der Waals surface area contributed by atoms with Gasteiger partial charge in [0.1, 0.15) is 11.5 Å². The Morgan fingerprint density at radius 2 is 1.80 bits per heavy atom. The highest BCUT2D eigenvalue weighted by Gasteiger charge is 2.22. The molecule has 2 saturated heterocycles. The van der Waals surface area contributed by atoms with Gasteiger partial charge in [0.2, 0.25) is 0 Å². The number of hydrogen-bond acceptors (Lipinski definition) is 3. The average Bonchev–Trinajstić information content (AvgIpc) is 3.53. The number of likely N-dealkylation sites (tertiary alicyclic amines) is 1. The second-order valence-electron chi connectivity index (χ2n) is 9.32. The normalized spacial score (nSPS) is 17.5. The Morgan fingerprint density at radius 1 is 1.03 bits per heavy atom. The molecule has 2 aromatic carbocycles. The van der Waals surface area contributed by atoms with Crippen molar-refractivity contribution in [3.8, 4) is 0 Å². The topological polar surface area (TPSA) is 64.4 Å². The summed E-state index contributed by atoms with van der Waals surface area (Å²) in [4.78, 5) is 22.9. The molecule has 1 amide bonds. The fourth-order valence-electron chi connectivity index (χ4n) is 5.15. The number of H-pyrrole nitrogens is 2. The van der Waals surface area contributed by atoms with Gasteiger partial charge < -0.3 is 24.5 Å². The molecule has 2 aliphatic rings. The lowest BCUT2D eigenvalue weighted by molar-refractivity contribution is 0.0299. The molecule has 0 bridgehead atoms. The number of nitrogens with one attached hydrogen (secondary N) is 2. The first-order valence-corrected chi connectivity index (χ1v) is 12.6. The van der Waals surface area contributed by atoms with Gasteiger partial charge in [0.05, 0.1) is 13.2 Å². The van der Waals surface area contributed by atoms with E-state index < -0.39 is 0 Å². The summed E-state index contributed by atoms with van der Waals surface area (Å²) in [5, 5.41) is 2.13. The van der Waals surface area contributed by atoms with Gasteiger partial charge in [-0.2, -0.15) is 0 Å². The van der Waals surface area contributed by atoms with Crippen molar-refractivity contribution in [1.82, 2.24) is 19.8 Å². The number of carbonyl (C=O) groups is 1. The summed E-state index contributed by atoms with van der Waals surface area (Å²) in [6.45, 7) is 8.29. The van der Waals surface area contributed by atoms with Gasteiger partial charge >= 0.3 is 0 Å². The lowest BCUT2D eigenvalue weighted by Crippen LogP contribution is -2.40. The number of ether oxygens (including phenoxy) is 1. The van der Waals surface area contributed by atoms with Crippen LogP contribution in [-0.2, 0) is 4.74 Å². The fraction of sp³-hybridized carbons (Fsp3) is 0.393. The van der Waals surface area contributed by atoms with E-state index >= 15 is 0 Å². The number of para-hydroxylation sites is 1. The molecule has 2 fully saturated rings. The van der Waals surface area contributed by atoms with Gasteiger partial charge in [-0.05, 0) is 74.3 Å². The SMILES string of the molecule is CCN1CCC(c2c[nH]c3ccccc23)CC1.O=C(c1cc2cc(F)ccc2[nH]1)N1CCOCC1. The molecule has 0 saturated carbocycles. The second-order valence-corrected chi connectivity index (χ2v) is 9.32. The predicted molar refractivity (Wildman–Crippen MR) is 137 cm³/mol. The summed E-state index contributed by atoms with van der Waals surface area (Å²) in [5.74, 6) is 0.385. The molecule has 0 radical (unpaired) electrons. The van der Waals surface area contributed by atoms with E-state index in [1.54, 1.807) is 17.0 Å². The van der Waals surface area contributed by atoms with Crippen LogP contribution in [0.3, 0.4) is 0 Å². The van der Waals surface area contributed by atoms with Crippen LogP contribution in [0.2, 0.25) is 0 Å². The molecule has 184 valence electrons. The third kappa shape index (κ3) is 5.26. The average molecular weight is 477 g/mol. The molecule has 0 spiro atoms. The molecule has 2 N–H and O–H groups in total. The van der Waals surface area contributed by atoms with Gasteiger partial charge in [-0.15, -0.1) is 0 Å². The smallest absolute Gasteiger partial charge is 0.270 e. The molecular formula is C28H33FN4O2. The Balaban J connectivity index is 0.000000145. The number of hydrogen-bond donors (Lipinski definition) is 2. The second kappa shape index (κ2) is 10.6. The van der Waals surface area contributed by atoms with Crippen LogP contribution >= 0.6 is 0 Å². The highest BCUT2D eigenvalue weighted by atomic mass is 19.1. The number of amides is 1. The van der Waals surface area contributed by atoms with Crippen LogP contribution in [0.15, 0.2) is 54.7 Å². The first-order chi connectivity index (χ1) is 17.1. The first-order valence-electron chi connectivity index (χ1n) is 12.6. The first kappa shape index (κ1) is 23.6. The van der Waals surface area contributed by atoms with E-state index in [0.29, 0.717) is 37.4 Å². The number of aromatic amines is 2. The monoisotopic (exact) mass is 476 g/mol. The number of benzene rings is 2. The molecule has 0 aliphatic carbocycles. The van der Waals surface area contributed by atoms with E-state index in [0.717, 1.165) is 11.4 Å². The van der Waals surface area contributed by atoms with E-state index in [9.17, 15) is 9.18 Å². The molecule has 2 aliphatic heterocycles. The molecule has 35 heavy (non-hydrogen) atoms. The minimum Gasteiger partial charge on any atom is -0.378 e. The number of morpholine rings is 1. The van der Waals surface area contributed by atoms with E-state index in [1.165, 1.54) is 61.1 Å². The van der Waals surface area contributed by atoms with Crippen LogP contribution in [0.4, 0.5) is 4.39 Å². The number of carbonyl (C=O) groups excluding carboxylic acids is 1. The summed E-state index contributed by atoms with van der Waals surface area (Å²) < 4.78 is 18.3. The summed E-state index contributed by atoms with van der Waals surface area (Å²) in [6.07, 6.45) is 4.82. The quantitative estimate of drug-likeness (QED) is 0.430. The van der Waals surface area contributed by atoms with Gasteiger partial charge in [-0.3, -0.25) is 4.79 Å². The Labute approximate surface area is 205 Å². The molecule has 6 rings (SSSR count). The molecule has 0 atom stereocenters. The predicted octanol–water partition coefficient (Wildman–Crippen LogP) is 5.15. The zero-order valence-corrected chi connectivity index (χ0v) is 20.2. The standard InChI is InChI=1S/C15H20N2.C13H13FN2O2/c1-2-17-9-7-12(8-10-17)14-11-16-15-6-4-3-5-13(14)15;14-10-1-2-11-9(7-10)8-12(15-11)13(17)16-3-5-18-6-4-16/h3-6,11-12,16H,2,7-10H2,1H3;1-2,7-8,15H,3-6H2. The van der Waals surface area contributed by atoms with Crippen LogP contribution in [0.5, 0.6) is 0 Å². The lowest BCUT2D eigenvalue weighted by Gasteiger charge is -2.30. The molecule has 4 heterocycles. The number of fused-ring (bicyclic) bond motifs is 2. The molecule has 0 unspecified atom stereocenters. The Bertz CT molecular complexity index is 1280. The Morgan fingerprint density at radius 3 is 2.57 bits per heavy atom. The van der Waals surface area contributed by atoms with Gasteiger partial charge in [0.25, 0.3) is 5.91 Å². The van der Waals surface area contributed by atoms with Crippen molar-refractivity contribution < 1.29 is 13.9 Å². The Kier molecular flexibility index (Phi) is 7.16. The summed E-state index contributed by atoms with van der Waals surface area (Å²) in [7, 11) is 0. The van der Waals surface area contributed by atoms with Gasteiger partial charge in [-0.25, -0.2) is 4.39 Å². The van der Waals surface area contributed by atoms with Gasteiger partial charge in [0, 0.05) is 41.1 Å². The number of halogens is 1. The lowest BCUT2D eigenvalue weighted by atomic mass is 9.89. The van der Waals surface area contributed by atoms with Crippen molar-refractivity contribution in [1.29, 1.82) is 0 Å². The van der Waals surface area contributed by atoms with Crippen LogP contribution in [-0.4, -0.2) is 71.6 Å². The maximum atomic E-state index is 13.1.